The van der Waals surface area contributed by atoms with Crippen LogP contribution >= 0.6 is 11.6 Å². The van der Waals surface area contributed by atoms with Crippen LogP contribution in [0.4, 0.5) is 16.2 Å². The fourth-order valence-corrected chi connectivity index (χ4v) is 3.35. The average Bonchev–Trinajstić information content (AvgIpc) is 2.76. The van der Waals surface area contributed by atoms with Crippen LogP contribution in [0, 0.1) is 13.8 Å². The zero-order valence-electron chi connectivity index (χ0n) is 17.6. The Morgan fingerprint density at radius 2 is 1.84 bits per heavy atom. The van der Waals surface area contributed by atoms with Gasteiger partial charge in [0.15, 0.2) is 0 Å². The monoisotopic (exact) mass is 448 g/mol. The van der Waals surface area contributed by atoms with Crippen LogP contribution in [0.15, 0.2) is 71.7 Å². The number of fused-ring (bicyclic) bond motifs is 1. The van der Waals surface area contributed by atoms with Gasteiger partial charge in [-0.15, -0.1) is 0 Å². The Morgan fingerprint density at radius 1 is 1.03 bits per heavy atom. The van der Waals surface area contributed by atoms with E-state index >= 15 is 0 Å². The number of nitrogens with zero attached hydrogens (tertiary/aromatic N) is 2. The molecular weight excluding hydrogens is 428 g/mol. The third-order valence-corrected chi connectivity index (χ3v) is 5.13. The first-order valence-corrected chi connectivity index (χ1v) is 10.3. The molecule has 0 aliphatic carbocycles. The van der Waals surface area contributed by atoms with Gasteiger partial charge in [0.25, 0.3) is 5.56 Å². The van der Waals surface area contributed by atoms with Gasteiger partial charge in [0, 0.05) is 34.7 Å². The summed E-state index contributed by atoms with van der Waals surface area (Å²) < 4.78 is 7.37. The maximum Gasteiger partial charge on any atom is 0.323 e. The summed E-state index contributed by atoms with van der Waals surface area (Å²) in [4.78, 5) is 29.1. The number of carbonyl (C=O) groups excluding carboxylic acids is 1. The fourth-order valence-electron chi connectivity index (χ4n) is 3.18. The lowest BCUT2D eigenvalue weighted by atomic mass is 10.2. The average molecular weight is 449 g/mol. The summed E-state index contributed by atoms with van der Waals surface area (Å²) >= 11 is 6.01. The lowest BCUT2D eigenvalue weighted by Gasteiger charge is -2.13. The second kappa shape index (κ2) is 9.11. The summed E-state index contributed by atoms with van der Waals surface area (Å²) in [5.41, 5.74) is 3.89. The molecule has 0 saturated heterocycles. The molecule has 2 aromatic heterocycles. The van der Waals surface area contributed by atoms with Crippen LogP contribution in [0.3, 0.4) is 0 Å². The van der Waals surface area contributed by atoms with Crippen LogP contribution in [0.1, 0.15) is 16.8 Å². The predicted molar refractivity (Wildman–Crippen MR) is 126 cm³/mol. The summed E-state index contributed by atoms with van der Waals surface area (Å²) in [6.07, 6.45) is 1.67. The van der Waals surface area contributed by atoms with Crippen molar-refractivity contribution in [1.29, 1.82) is 0 Å². The number of amides is 2. The van der Waals surface area contributed by atoms with Crippen LogP contribution in [-0.2, 0) is 6.61 Å². The van der Waals surface area contributed by atoms with Crippen molar-refractivity contribution in [1.82, 2.24) is 9.38 Å². The van der Waals surface area contributed by atoms with E-state index in [-0.39, 0.29) is 12.2 Å². The van der Waals surface area contributed by atoms with Gasteiger partial charge in [0.1, 0.15) is 18.0 Å². The van der Waals surface area contributed by atoms with Gasteiger partial charge in [-0.25, -0.2) is 9.78 Å². The molecule has 0 saturated carbocycles. The van der Waals surface area contributed by atoms with Crippen LogP contribution in [0.5, 0.6) is 5.75 Å². The number of pyridine rings is 1. The molecule has 0 fully saturated rings. The number of halogens is 1. The van der Waals surface area contributed by atoms with E-state index in [1.165, 1.54) is 10.5 Å². The number of aryl methyl sites for hydroxylation is 2. The molecule has 4 aromatic rings. The van der Waals surface area contributed by atoms with Crippen LogP contribution in [-0.4, -0.2) is 15.4 Å². The molecule has 0 radical (unpaired) electrons. The molecule has 2 aromatic carbocycles. The predicted octanol–water partition coefficient (Wildman–Crippen LogP) is 5.19. The Labute approximate surface area is 189 Å². The van der Waals surface area contributed by atoms with Crippen molar-refractivity contribution in [3.63, 3.8) is 0 Å². The molecule has 0 spiro atoms. The maximum absolute atomic E-state index is 12.4. The van der Waals surface area contributed by atoms with E-state index in [1.807, 2.05) is 32.0 Å². The van der Waals surface area contributed by atoms with Gasteiger partial charge in [0.05, 0.1) is 5.69 Å². The standard InChI is InChI=1S/C24H21ClN4O3/c1-15-6-8-17(25)11-20(15)28-24(31)27-18-9-7-16(2)21(12-18)32-14-19-13-23(30)29-10-4-3-5-22(29)26-19/h3-13H,14H2,1-2H3,(H2,27,28,31). The van der Waals surface area contributed by atoms with E-state index in [1.54, 1.807) is 42.6 Å². The second-order valence-electron chi connectivity index (χ2n) is 7.32. The van der Waals surface area contributed by atoms with Crippen LogP contribution < -0.4 is 20.9 Å². The number of benzene rings is 2. The van der Waals surface area contributed by atoms with Crippen molar-refractivity contribution in [2.75, 3.05) is 10.6 Å². The minimum Gasteiger partial charge on any atom is -0.487 e. The van der Waals surface area contributed by atoms with E-state index < -0.39 is 6.03 Å². The first-order chi connectivity index (χ1) is 15.4. The lowest BCUT2D eigenvalue weighted by molar-refractivity contribution is 0.262. The summed E-state index contributed by atoms with van der Waals surface area (Å²) in [5, 5.41) is 6.13. The summed E-state index contributed by atoms with van der Waals surface area (Å²) in [5.74, 6) is 0.580. The summed E-state index contributed by atoms with van der Waals surface area (Å²) in [7, 11) is 0. The molecule has 0 atom stereocenters. The Kier molecular flexibility index (Phi) is 6.09. The molecule has 7 nitrogen and oxygen atoms in total. The van der Waals surface area contributed by atoms with Gasteiger partial charge in [-0.05, 0) is 55.3 Å². The van der Waals surface area contributed by atoms with E-state index in [9.17, 15) is 9.59 Å². The number of aromatic nitrogens is 2. The number of urea groups is 1. The van der Waals surface area contributed by atoms with Gasteiger partial charge in [-0.3, -0.25) is 9.20 Å². The lowest BCUT2D eigenvalue weighted by Crippen LogP contribution is -2.20. The highest BCUT2D eigenvalue weighted by molar-refractivity contribution is 6.31. The number of hydrogen-bond acceptors (Lipinski definition) is 4. The Morgan fingerprint density at radius 3 is 2.69 bits per heavy atom. The number of anilines is 2. The first-order valence-electron chi connectivity index (χ1n) is 9.94. The molecule has 0 bridgehead atoms. The number of carbonyl (C=O) groups is 1. The van der Waals surface area contributed by atoms with E-state index in [0.717, 1.165) is 11.1 Å². The minimum absolute atomic E-state index is 0.124. The molecule has 2 N–H and O–H groups in total. The number of nitrogens with one attached hydrogen (secondary N) is 2. The quantitative estimate of drug-likeness (QED) is 0.440. The molecule has 162 valence electrons. The van der Waals surface area contributed by atoms with Crippen molar-refractivity contribution in [2.45, 2.75) is 20.5 Å². The first kappa shape index (κ1) is 21.4. The minimum atomic E-state index is -0.394. The number of rotatable bonds is 5. The molecule has 2 heterocycles. The van der Waals surface area contributed by atoms with Crippen LogP contribution in [0.25, 0.3) is 5.65 Å². The molecule has 0 unspecified atom stereocenters. The number of ether oxygens (including phenoxy) is 1. The highest BCUT2D eigenvalue weighted by Crippen LogP contribution is 2.24. The smallest absolute Gasteiger partial charge is 0.323 e. The van der Waals surface area contributed by atoms with E-state index in [2.05, 4.69) is 15.6 Å². The molecule has 0 aliphatic heterocycles. The Hall–Kier alpha value is -3.84. The highest BCUT2D eigenvalue weighted by Gasteiger charge is 2.09. The molecular formula is C24H21ClN4O3. The third-order valence-electron chi connectivity index (χ3n) is 4.89. The largest absolute Gasteiger partial charge is 0.487 e. The van der Waals surface area contributed by atoms with Gasteiger partial charge < -0.3 is 15.4 Å². The van der Waals surface area contributed by atoms with E-state index in [0.29, 0.717) is 33.5 Å². The summed E-state index contributed by atoms with van der Waals surface area (Å²) in [6.45, 7) is 3.91. The molecule has 2 amide bonds. The third kappa shape index (κ3) is 4.90. The maximum atomic E-state index is 12.4. The normalized spacial score (nSPS) is 10.7. The fraction of sp³-hybridized carbons (Fsp3) is 0.125. The topological polar surface area (TPSA) is 84.7 Å². The summed E-state index contributed by atoms with van der Waals surface area (Å²) in [6, 6.07) is 17.1. The van der Waals surface area contributed by atoms with Crippen molar-refractivity contribution >= 4 is 34.7 Å². The Bertz CT molecular complexity index is 1370. The SMILES string of the molecule is Cc1ccc(Cl)cc1NC(=O)Nc1ccc(C)c(OCc2cc(=O)n3ccccc3n2)c1. The molecule has 0 aliphatic rings. The van der Waals surface area contributed by atoms with Gasteiger partial charge in [0.2, 0.25) is 0 Å². The molecule has 32 heavy (non-hydrogen) atoms. The van der Waals surface area contributed by atoms with Crippen LogP contribution in [0.2, 0.25) is 5.02 Å². The zero-order chi connectivity index (χ0) is 22.7. The van der Waals surface area contributed by atoms with Crippen molar-refractivity contribution in [2.24, 2.45) is 0 Å². The van der Waals surface area contributed by atoms with E-state index in [4.69, 9.17) is 16.3 Å². The van der Waals surface area contributed by atoms with Gasteiger partial charge in [-0.2, -0.15) is 0 Å². The molecule has 4 rings (SSSR count). The zero-order valence-corrected chi connectivity index (χ0v) is 18.3. The van der Waals surface area contributed by atoms with Gasteiger partial charge >= 0.3 is 6.03 Å². The van der Waals surface area contributed by atoms with Crippen molar-refractivity contribution < 1.29 is 9.53 Å². The number of hydrogen-bond donors (Lipinski definition) is 2. The molecule has 8 heteroatoms. The Balaban J connectivity index is 1.46. The second-order valence-corrected chi connectivity index (χ2v) is 7.76. The van der Waals surface area contributed by atoms with Crippen molar-refractivity contribution in [3.8, 4) is 5.75 Å². The van der Waals surface area contributed by atoms with Crippen molar-refractivity contribution in [3.05, 3.63) is 99.1 Å². The highest BCUT2D eigenvalue weighted by atomic mass is 35.5. The van der Waals surface area contributed by atoms with Gasteiger partial charge in [-0.1, -0.05) is 29.8 Å².